The summed E-state index contributed by atoms with van der Waals surface area (Å²) >= 11 is 0. The fourth-order valence-corrected chi connectivity index (χ4v) is 3.50. The molecule has 0 N–H and O–H groups in total. The van der Waals surface area contributed by atoms with Gasteiger partial charge in [0, 0.05) is 16.4 Å². The minimum absolute atomic E-state index is 0.391. The highest BCUT2D eigenvalue weighted by molar-refractivity contribution is 8.70. The molecule has 0 spiro atoms. The van der Waals surface area contributed by atoms with E-state index in [0.717, 1.165) is 10.8 Å². The molecule has 0 saturated heterocycles. The van der Waals surface area contributed by atoms with E-state index in [2.05, 4.69) is 6.58 Å². The lowest BCUT2D eigenvalue weighted by Gasteiger charge is -1.98. The van der Waals surface area contributed by atoms with Crippen LogP contribution in [0.25, 0.3) is 6.08 Å². The van der Waals surface area contributed by atoms with E-state index in [1.807, 2.05) is 0 Å². The van der Waals surface area contributed by atoms with E-state index in [1.54, 1.807) is 24.3 Å². The van der Waals surface area contributed by atoms with Crippen molar-refractivity contribution < 1.29 is 12.6 Å². The Morgan fingerprint density at radius 2 is 2.23 bits per heavy atom. The lowest BCUT2D eigenvalue weighted by atomic mass is 10.2. The monoisotopic (exact) mass is 214 g/mol. The number of fused-ring (bicyclic) bond motifs is 1. The zero-order chi connectivity index (χ0) is 9.47. The van der Waals surface area contributed by atoms with Crippen LogP contribution in [0.2, 0.25) is 0 Å². The molecule has 0 bridgehead atoms. The number of para-hydroxylation sites is 1. The van der Waals surface area contributed by atoms with Gasteiger partial charge in [0.15, 0.2) is 5.75 Å². The molecule has 5 heteroatoms. The predicted octanol–water partition coefficient (Wildman–Crippen LogP) is 2.06. The largest absolute Gasteiger partial charge is 0.373 e. The number of benzene rings is 1. The molecule has 3 nitrogen and oxygen atoms in total. The van der Waals surface area contributed by atoms with Crippen LogP contribution in [0.4, 0.5) is 0 Å². The first-order chi connectivity index (χ1) is 6.12. The third-order valence-corrected chi connectivity index (χ3v) is 4.04. The van der Waals surface area contributed by atoms with E-state index >= 15 is 0 Å². The molecule has 0 atom stereocenters. The Bertz CT molecular complexity index is 462. The zero-order valence-electron chi connectivity index (χ0n) is 6.56. The van der Waals surface area contributed by atoms with Crippen LogP contribution < -0.4 is 4.18 Å². The summed E-state index contributed by atoms with van der Waals surface area (Å²) in [7, 11) is -2.74. The lowest BCUT2D eigenvalue weighted by molar-refractivity contribution is 0.504. The Balaban J connectivity index is 2.63. The van der Waals surface area contributed by atoms with Crippen molar-refractivity contribution in [3.05, 3.63) is 30.3 Å². The van der Waals surface area contributed by atoms with Gasteiger partial charge < -0.3 is 4.18 Å². The van der Waals surface area contributed by atoms with Crippen LogP contribution in [0.3, 0.4) is 0 Å². The Kier molecular flexibility index (Phi) is 1.85. The molecule has 2 rings (SSSR count). The fourth-order valence-electron chi connectivity index (χ4n) is 1.08. The molecule has 1 aromatic carbocycles. The van der Waals surface area contributed by atoms with Crippen LogP contribution in [0, 0.1) is 0 Å². The van der Waals surface area contributed by atoms with Crippen molar-refractivity contribution in [1.82, 2.24) is 0 Å². The van der Waals surface area contributed by atoms with Crippen LogP contribution in [-0.4, -0.2) is 8.42 Å². The maximum Gasteiger partial charge on any atom is 0.371 e. The van der Waals surface area contributed by atoms with Crippen LogP contribution in [-0.2, 0) is 9.15 Å². The van der Waals surface area contributed by atoms with Crippen molar-refractivity contribution in [3.63, 3.8) is 0 Å². The second-order valence-corrected chi connectivity index (χ2v) is 5.77. The summed E-state index contributed by atoms with van der Waals surface area (Å²) in [4.78, 5) is 0.623. The average Bonchev–Trinajstić information content (AvgIpc) is 2.37. The van der Waals surface area contributed by atoms with Crippen molar-refractivity contribution >= 4 is 26.0 Å². The van der Waals surface area contributed by atoms with E-state index in [4.69, 9.17) is 4.18 Å². The molecule has 1 aliphatic rings. The SMILES string of the molecule is C=Cc1cccc2c1OS(=O)(=O)S2. The Hall–Kier alpha value is -0.940. The average molecular weight is 214 g/mol. The molecule has 1 aromatic rings. The summed E-state index contributed by atoms with van der Waals surface area (Å²) in [5.41, 5.74) is 0.700. The summed E-state index contributed by atoms with van der Waals surface area (Å²) in [5.74, 6) is 0.391. The number of rotatable bonds is 1. The molecular weight excluding hydrogens is 208 g/mol. The predicted molar refractivity (Wildman–Crippen MR) is 51.9 cm³/mol. The highest BCUT2D eigenvalue weighted by Crippen LogP contribution is 2.44. The van der Waals surface area contributed by atoms with Gasteiger partial charge in [0.25, 0.3) is 0 Å². The van der Waals surface area contributed by atoms with E-state index in [9.17, 15) is 8.42 Å². The van der Waals surface area contributed by atoms with Gasteiger partial charge in [0.05, 0.1) is 4.90 Å². The summed E-state index contributed by atoms with van der Waals surface area (Å²) in [6.07, 6.45) is 1.57. The molecule has 13 heavy (non-hydrogen) atoms. The van der Waals surface area contributed by atoms with Gasteiger partial charge in [-0.1, -0.05) is 24.8 Å². The van der Waals surface area contributed by atoms with Gasteiger partial charge in [0.2, 0.25) is 0 Å². The van der Waals surface area contributed by atoms with E-state index in [-0.39, 0.29) is 0 Å². The van der Waals surface area contributed by atoms with E-state index < -0.39 is 9.15 Å². The molecule has 0 unspecified atom stereocenters. The third-order valence-electron chi connectivity index (χ3n) is 1.61. The smallest absolute Gasteiger partial charge is 0.371 e. The fraction of sp³-hybridized carbons (Fsp3) is 0. The second-order valence-electron chi connectivity index (χ2n) is 2.45. The molecule has 0 aromatic heterocycles. The summed E-state index contributed by atoms with van der Waals surface area (Å²) in [5, 5.41) is 0. The zero-order valence-corrected chi connectivity index (χ0v) is 8.19. The maximum atomic E-state index is 11.1. The van der Waals surface area contributed by atoms with Crippen LogP contribution >= 0.6 is 10.8 Å². The first kappa shape index (κ1) is 8.65. The molecule has 0 amide bonds. The third kappa shape index (κ3) is 1.45. The van der Waals surface area contributed by atoms with Gasteiger partial charge in [0.1, 0.15) is 0 Å². The normalized spacial score (nSPS) is 17.5. The Morgan fingerprint density at radius 1 is 1.46 bits per heavy atom. The van der Waals surface area contributed by atoms with Gasteiger partial charge in [-0.05, 0) is 6.07 Å². The lowest BCUT2D eigenvalue weighted by Crippen LogP contribution is -1.96. The molecule has 1 heterocycles. The Morgan fingerprint density at radius 3 is 2.92 bits per heavy atom. The molecule has 0 saturated carbocycles. The van der Waals surface area contributed by atoms with Gasteiger partial charge in [-0.25, -0.2) is 0 Å². The number of hydrogen-bond donors (Lipinski definition) is 0. The van der Waals surface area contributed by atoms with Gasteiger partial charge >= 0.3 is 9.15 Å². The quantitative estimate of drug-likeness (QED) is 0.671. The summed E-state index contributed by atoms with van der Waals surface area (Å²) in [6.45, 7) is 3.57. The molecule has 68 valence electrons. The summed E-state index contributed by atoms with van der Waals surface area (Å²) in [6, 6.07) is 5.23. The van der Waals surface area contributed by atoms with E-state index in [1.165, 1.54) is 0 Å². The minimum Gasteiger partial charge on any atom is -0.373 e. The topological polar surface area (TPSA) is 43.4 Å². The number of hydrogen-bond acceptors (Lipinski definition) is 4. The molecule has 0 aliphatic carbocycles. The highest BCUT2D eigenvalue weighted by Gasteiger charge is 2.28. The highest BCUT2D eigenvalue weighted by atomic mass is 33.2. The van der Waals surface area contributed by atoms with Crippen molar-refractivity contribution in [2.45, 2.75) is 4.90 Å². The Labute approximate surface area is 79.9 Å². The van der Waals surface area contributed by atoms with Crippen LogP contribution in [0.5, 0.6) is 5.75 Å². The molecular formula is C8H6O3S2. The summed E-state index contributed by atoms with van der Waals surface area (Å²) < 4.78 is 26.9. The van der Waals surface area contributed by atoms with Crippen molar-refractivity contribution in [2.75, 3.05) is 0 Å². The second kappa shape index (κ2) is 2.78. The maximum absolute atomic E-state index is 11.1. The minimum atomic E-state index is -3.47. The molecule has 1 aliphatic heterocycles. The van der Waals surface area contributed by atoms with E-state index in [0.29, 0.717) is 16.2 Å². The molecule has 0 fully saturated rings. The first-order valence-corrected chi connectivity index (χ1v) is 6.26. The van der Waals surface area contributed by atoms with Gasteiger partial charge in [-0.2, -0.15) is 8.42 Å². The van der Waals surface area contributed by atoms with Crippen molar-refractivity contribution in [1.29, 1.82) is 0 Å². The molecule has 0 radical (unpaired) electrons. The van der Waals surface area contributed by atoms with Crippen LogP contribution in [0.1, 0.15) is 5.56 Å². The van der Waals surface area contributed by atoms with Gasteiger partial charge in [-0.3, -0.25) is 0 Å². The first-order valence-electron chi connectivity index (χ1n) is 3.52. The van der Waals surface area contributed by atoms with Gasteiger partial charge in [-0.15, -0.1) is 0 Å². The standard InChI is InChI=1S/C8H6O3S2/c1-2-6-4-3-5-7-8(6)11-13(9,10)12-7/h2-5H,1H2. The van der Waals surface area contributed by atoms with Crippen molar-refractivity contribution in [2.24, 2.45) is 0 Å². The van der Waals surface area contributed by atoms with Crippen LogP contribution in [0.15, 0.2) is 29.7 Å². The van der Waals surface area contributed by atoms with Crippen molar-refractivity contribution in [3.8, 4) is 5.75 Å².